The highest BCUT2D eigenvalue weighted by Crippen LogP contribution is 2.26. The van der Waals surface area contributed by atoms with E-state index in [4.69, 9.17) is 22.1 Å². The molecule has 5 heteroatoms. The predicted molar refractivity (Wildman–Crippen MR) is 80.3 cm³/mol. The van der Waals surface area contributed by atoms with E-state index in [2.05, 4.69) is 6.92 Å². The average molecular weight is 297 g/mol. The normalized spacial score (nSPS) is 22.7. The molecule has 2 rings (SSSR count). The van der Waals surface area contributed by atoms with Crippen LogP contribution in [0.3, 0.4) is 0 Å². The van der Waals surface area contributed by atoms with E-state index < -0.39 is 0 Å². The van der Waals surface area contributed by atoms with Gasteiger partial charge in [0.15, 0.2) is 0 Å². The van der Waals surface area contributed by atoms with Crippen molar-refractivity contribution in [1.29, 1.82) is 0 Å². The molecule has 4 nitrogen and oxygen atoms in total. The van der Waals surface area contributed by atoms with Crippen LogP contribution in [0, 0.1) is 5.92 Å². The number of carbonyl (C=O) groups is 1. The molecule has 0 radical (unpaired) electrons. The zero-order valence-corrected chi connectivity index (χ0v) is 12.7. The smallest absolute Gasteiger partial charge is 0.257 e. The SMILES string of the molecule is CCC1CN(C(=O)c2cc(Cl)ccc2OC)CCC1N. The summed E-state index contributed by atoms with van der Waals surface area (Å²) in [6.45, 7) is 3.50. The topological polar surface area (TPSA) is 55.6 Å². The van der Waals surface area contributed by atoms with Crippen LogP contribution >= 0.6 is 11.6 Å². The molecule has 1 fully saturated rings. The Balaban J connectivity index is 2.21. The summed E-state index contributed by atoms with van der Waals surface area (Å²) in [7, 11) is 1.56. The minimum Gasteiger partial charge on any atom is -0.496 e. The molecule has 0 saturated carbocycles. The number of likely N-dealkylation sites (tertiary alicyclic amines) is 1. The Kier molecular flexibility index (Phi) is 4.89. The minimum atomic E-state index is -0.0327. The van der Waals surface area contributed by atoms with E-state index in [0.717, 1.165) is 12.8 Å². The maximum absolute atomic E-state index is 12.6. The van der Waals surface area contributed by atoms with Gasteiger partial charge < -0.3 is 15.4 Å². The number of nitrogens with two attached hydrogens (primary N) is 1. The molecule has 0 aliphatic carbocycles. The molecule has 0 bridgehead atoms. The van der Waals surface area contributed by atoms with Gasteiger partial charge in [-0.2, -0.15) is 0 Å². The molecule has 1 saturated heterocycles. The zero-order valence-electron chi connectivity index (χ0n) is 11.9. The summed E-state index contributed by atoms with van der Waals surface area (Å²) in [6, 6.07) is 5.30. The highest BCUT2D eigenvalue weighted by molar-refractivity contribution is 6.31. The van der Waals surface area contributed by atoms with E-state index in [0.29, 0.717) is 35.3 Å². The van der Waals surface area contributed by atoms with Gasteiger partial charge >= 0.3 is 0 Å². The van der Waals surface area contributed by atoms with Crippen LogP contribution in [-0.2, 0) is 0 Å². The highest BCUT2D eigenvalue weighted by Gasteiger charge is 2.29. The van der Waals surface area contributed by atoms with Crippen molar-refractivity contribution in [3.63, 3.8) is 0 Å². The monoisotopic (exact) mass is 296 g/mol. The summed E-state index contributed by atoms with van der Waals surface area (Å²) in [5.74, 6) is 0.884. The Labute approximate surface area is 124 Å². The Hall–Kier alpha value is -1.26. The van der Waals surface area contributed by atoms with Crippen molar-refractivity contribution in [2.24, 2.45) is 11.7 Å². The molecule has 2 atom stereocenters. The second-order valence-corrected chi connectivity index (χ2v) is 5.65. The highest BCUT2D eigenvalue weighted by atomic mass is 35.5. The standard InChI is InChI=1S/C15H21ClN2O2/c1-3-10-9-18(7-6-13(10)17)15(19)12-8-11(16)4-5-14(12)20-2/h4-5,8,10,13H,3,6-7,9,17H2,1-2H3. The number of carbonyl (C=O) groups excluding carboxylic acids is 1. The number of ether oxygens (including phenoxy) is 1. The number of hydrogen-bond acceptors (Lipinski definition) is 3. The number of hydrogen-bond donors (Lipinski definition) is 1. The van der Waals surface area contributed by atoms with Crippen LogP contribution in [0.5, 0.6) is 5.75 Å². The van der Waals surface area contributed by atoms with Gasteiger partial charge in [0.1, 0.15) is 5.75 Å². The maximum atomic E-state index is 12.6. The predicted octanol–water partition coefficient (Wildman–Crippen LogP) is 2.55. The molecule has 1 aromatic carbocycles. The van der Waals surface area contributed by atoms with Crippen molar-refractivity contribution in [1.82, 2.24) is 4.90 Å². The summed E-state index contributed by atoms with van der Waals surface area (Å²) >= 11 is 5.99. The van der Waals surface area contributed by atoms with Crippen LogP contribution in [0.25, 0.3) is 0 Å². The second-order valence-electron chi connectivity index (χ2n) is 5.22. The van der Waals surface area contributed by atoms with Gasteiger partial charge in [0.2, 0.25) is 0 Å². The van der Waals surface area contributed by atoms with Crippen LogP contribution in [0.15, 0.2) is 18.2 Å². The molecule has 20 heavy (non-hydrogen) atoms. The molecular weight excluding hydrogens is 276 g/mol. The first kappa shape index (κ1) is 15.1. The summed E-state index contributed by atoms with van der Waals surface area (Å²) in [6.07, 6.45) is 1.82. The molecule has 110 valence electrons. The third-order valence-corrected chi connectivity index (χ3v) is 4.23. The fourth-order valence-corrected chi connectivity index (χ4v) is 2.86. The fraction of sp³-hybridized carbons (Fsp3) is 0.533. The van der Waals surface area contributed by atoms with Crippen LogP contribution in [0.2, 0.25) is 5.02 Å². The van der Waals surface area contributed by atoms with Crippen molar-refractivity contribution in [2.75, 3.05) is 20.2 Å². The fourth-order valence-electron chi connectivity index (χ4n) is 2.68. The molecule has 2 N–H and O–H groups in total. The molecule has 1 aliphatic heterocycles. The largest absolute Gasteiger partial charge is 0.496 e. The summed E-state index contributed by atoms with van der Waals surface area (Å²) < 4.78 is 5.26. The van der Waals surface area contributed by atoms with E-state index >= 15 is 0 Å². The van der Waals surface area contributed by atoms with Crippen LogP contribution in [-0.4, -0.2) is 37.0 Å². The first-order valence-electron chi connectivity index (χ1n) is 6.95. The number of methoxy groups -OCH3 is 1. The van der Waals surface area contributed by atoms with E-state index in [1.807, 2.05) is 4.90 Å². The number of rotatable bonds is 3. The number of nitrogens with zero attached hydrogens (tertiary/aromatic N) is 1. The van der Waals surface area contributed by atoms with Gasteiger partial charge in [-0.05, 0) is 30.5 Å². The van der Waals surface area contributed by atoms with E-state index in [1.54, 1.807) is 25.3 Å². The zero-order chi connectivity index (χ0) is 14.7. The third kappa shape index (κ3) is 3.07. The Morgan fingerprint density at radius 2 is 2.30 bits per heavy atom. The number of amides is 1. The van der Waals surface area contributed by atoms with E-state index in [1.165, 1.54) is 0 Å². The van der Waals surface area contributed by atoms with Gasteiger partial charge in [-0.1, -0.05) is 24.9 Å². The molecule has 2 unspecified atom stereocenters. The quantitative estimate of drug-likeness (QED) is 0.932. The van der Waals surface area contributed by atoms with Gasteiger partial charge in [0.25, 0.3) is 5.91 Å². The van der Waals surface area contributed by atoms with Crippen LogP contribution in [0.4, 0.5) is 0 Å². The molecule has 1 amide bonds. The molecule has 0 spiro atoms. The number of piperidine rings is 1. The average Bonchev–Trinajstić information content (AvgIpc) is 2.47. The lowest BCUT2D eigenvalue weighted by Gasteiger charge is -2.36. The maximum Gasteiger partial charge on any atom is 0.257 e. The first-order valence-corrected chi connectivity index (χ1v) is 7.33. The van der Waals surface area contributed by atoms with Crippen molar-refractivity contribution >= 4 is 17.5 Å². The Morgan fingerprint density at radius 1 is 1.55 bits per heavy atom. The minimum absolute atomic E-state index is 0.0327. The van der Waals surface area contributed by atoms with Gasteiger partial charge in [0.05, 0.1) is 12.7 Å². The lowest BCUT2D eigenvalue weighted by molar-refractivity contribution is 0.0646. The molecular formula is C15H21ClN2O2. The van der Waals surface area contributed by atoms with E-state index in [9.17, 15) is 4.79 Å². The third-order valence-electron chi connectivity index (χ3n) is 4.00. The van der Waals surface area contributed by atoms with Crippen molar-refractivity contribution < 1.29 is 9.53 Å². The first-order chi connectivity index (χ1) is 9.56. The van der Waals surface area contributed by atoms with Gasteiger partial charge in [-0.3, -0.25) is 4.79 Å². The number of benzene rings is 1. The molecule has 1 aromatic rings. The van der Waals surface area contributed by atoms with E-state index in [-0.39, 0.29) is 11.9 Å². The van der Waals surface area contributed by atoms with Gasteiger partial charge in [0, 0.05) is 24.2 Å². The summed E-state index contributed by atoms with van der Waals surface area (Å²) in [5.41, 5.74) is 6.61. The molecule has 1 aliphatic rings. The van der Waals surface area contributed by atoms with Crippen molar-refractivity contribution in [3.8, 4) is 5.75 Å². The number of halogens is 1. The van der Waals surface area contributed by atoms with Crippen LogP contribution in [0.1, 0.15) is 30.1 Å². The van der Waals surface area contributed by atoms with Crippen LogP contribution < -0.4 is 10.5 Å². The molecule has 0 aromatic heterocycles. The molecule has 1 heterocycles. The summed E-state index contributed by atoms with van der Waals surface area (Å²) in [5, 5.41) is 0.537. The van der Waals surface area contributed by atoms with Crippen molar-refractivity contribution in [2.45, 2.75) is 25.8 Å². The Bertz CT molecular complexity index is 493. The summed E-state index contributed by atoms with van der Waals surface area (Å²) in [4.78, 5) is 14.5. The lowest BCUT2D eigenvalue weighted by atomic mass is 9.90. The van der Waals surface area contributed by atoms with Crippen molar-refractivity contribution in [3.05, 3.63) is 28.8 Å². The second kappa shape index (κ2) is 6.46. The van der Waals surface area contributed by atoms with Gasteiger partial charge in [-0.25, -0.2) is 0 Å². The van der Waals surface area contributed by atoms with Gasteiger partial charge in [-0.15, -0.1) is 0 Å². The Morgan fingerprint density at radius 3 is 2.95 bits per heavy atom. The lowest BCUT2D eigenvalue weighted by Crippen LogP contribution is -2.49.